The van der Waals surface area contributed by atoms with Gasteiger partial charge in [0.05, 0.1) is 6.61 Å². The molecule has 0 N–H and O–H groups in total. The Morgan fingerprint density at radius 1 is 1.22 bits per heavy atom. The second-order valence-electron chi connectivity index (χ2n) is 6.84. The second kappa shape index (κ2) is 9.25. The average molecular weight is 328 g/mol. The number of piperazine rings is 1. The molecule has 1 heterocycles. The minimum atomic E-state index is -0.454. The van der Waals surface area contributed by atoms with E-state index in [1.54, 1.807) is 4.90 Å². The van der Waals surface area contributed by atoms with E-state index in [-0.39, 0.29) is 19.1 Å². The molecule has 23 heavy (non-hydrogen) atoms. The van der Waals surface area contributed by atoms with Crippen LogP contribution >= 0.6 is 0 Å². The van der Waals surface area contributed by atoms with Crippen molar-refractivity contribution in [2.75, 3.05) is 39.6 Å². The molecule has 1 aliphatic heterocycles. The highest BCUT2D eigenvalue weighted by Gasteiger charge is 2.27. The molecular weight excluding hydrogens is 296 g/mol. The lowest BCUT2D eigenvalue weighted by atomic mass is 10.2. The minimum Gasteiger partial charge on any atom is -0.444 e. The van der Waals surface area contributed by atoms with Crippen LogP contribution in [0.5, 0.6) is 0 Å². The lowest BCUT2D eigenvalue weighted by Crippen LogP contribution is -2.52. The molecule has 1 aliphatic rings. The molecular formula is C17H32N2O4. The Bertz CT molecular complexity index is 385. The molecule has 1 saturated heterocycles. The van der Waals surface area contributed by atoms with Crippen molar-refractivity contribution < 1.29 is 19.0 Å². The normalized spacial score (nSPS) is 17.9. The van der Waals surface area contributed by atoms with Crippen LogP contribution in [0.25, 0.3) is 0 Å². The van der Waals surface area contributed by atoms with E-state index >= 15 is 0 Å². The lowest BCUT2D eigenvalue weighted by Gasteiger charge is -2.38. The van der Waals surface area contributed by atoms with Gasteiger partial charge in [0.2, 0.25) is 0 Å². The van der Waals surface area contributed by atoms with E-state index in [9.17, 15) is 4.79 Å². The van der Waals surface area contributed by atoms with E-state index in [1.165, 1.54) is 0 Å². The molecule has 1 rings (SSSR count). The molecule has 0 bridgehead atoms. The molecule has 134 valence electrons. The fourth-order valence-corrected chi connectivity index (χ4v) is 2.13. The van der Waals surface area contributed by atoms with E-state index in [0.717, 1.165) is 25.1 Å². The predicted molar refractivity (Wildman–Crippen MR) is 90.2 cm³/mol. The van der Waals surface area contributed by atoms with Crippen molar-refractivity contribution in [2.24, 2.45) is 0 Å². The number of ether oxygens (including phenoxy) is 3. The molecule has 1 fully saturated rings. The Labute approximate surface area is 140 Å². The van der Waals surface area contributed by atoms with Crippen molar-refractivity contribution in [2.45, 2.75) is 52.9 Å². The zero-order chi connectivity index (χ0) is 17.5. The van der Waals surface area contributed by atoms with Gasteiger partial charge in [-0.3, -0.25) is 4.90 Å². The Hall–Kier alpha value is -1.11. The molecule has 0 aromatic rings. The average Bonchev–Trinajstić information content (AvgIpc) is 2.49. The van der Waals surface area contributed by atoms with Gasteiger partial charge in [0.15, 0.2) is 0 Å². The summed E-state index contributed by atoms with van der Waals surface area (Å²) >= 11 is 0. The van der Waals surface area contributed by atoms with Crippen LogP contribution in [0.2, 0.25) is 0 Å². The number of rotatable bonds is 7. The maximum atomic E-state index is 12.0. The summed E-state index contributed by atoms with van der Waals surface area (Å²) in [5, 5.41) is 0. The summed E-state index contributed by atoms with van der Waals surface area (Å²) in [6.07, 6.45) is 0.639. The summed E-state index contributed by atoms with van der Waals surface area (Å²) in [5.41, 5.74) is 0.608. The van der Waals surface area contributed by atoms with E-state index in [2.05, 4.69) is 18.4 Å². The van der Waals surface area contributed by atoms with Crippen LogP contribution in [0.3, 0.4) is 0 Å². The Balaban J connectivity index is 2.24. The first-order chi connectivity index (χ1) is 10.7. The Kier molecular flexibility index (Phi) is 8.02. The fraction of sp³-hybridized carbons (Fsp3) is 0.824. The summed E-state index contributed by atoms with van der Waals surface area (Å²) in [6, 6.07) is 0. The zero-order valence-electron chi connectivity index (χ0n) is 15.3. The molecule has 6 heteroatoms. The van der Waals surface area contributed by atoms with E-state index < -0.39 is 5.60 Å². The zero-order valence-corrected chi connectivity index (χ0v) is 15.3. The highest BCUT2D eigenvalue weighted by molar-refractivity contribution is 5.68. The van der Waals surface area contributed by atoms with Crippen LogP contribution in [0.15, 0.2) is 12.2 Å². The van der Waals surface area contributed by atoms with Crippen molar-refractivity contribution in [1.29, 1.82) is 0 Å². The largest absolute Gasteiger partial charge is 0.444 e. The number of hydrogen-bond donors (Lipinski definition) is 0. The van der Waals surface area contributed by atoms with E-state index in [0.29, 0.717) is 19.7 Å². The highest BCUT2D eigenvalue weighted by Crippen LogP contribution is 2.13. The minimum absolute atomic E-state index is 0.0364. The number of amides is 1. The molecule has 0 radical (unpaired) electrons. The van der Waals surface area contributed by atoms with E-state index in [4.69, 9.17) is 14.2 Å². The SMILES string of the molecule is C=C(CC)COCOC(C)N1CCN(C(=O)OC(C)(C)C)CC1. The van der Waals surface area contributed by atoms with Crippen molar-refractivity contribution in [3.05, 3.63) is 12.2 Å². The van der Waals surface area contributed by atoms with Gasteiger partial charge in [-0.25, -0.2) is 4.79 Å². The summed E-state index contributed by atoms with van der Waals surface area (Å²) in [6.45, 7) is 17.2. The maximum Gasteiger partial charge on any atom is 0.410 e. The van der Waals surface area contributed by atoms with Gasteiger partial charge in [0.25, 0.3) is 0 Å². The molecule has 0 saturated carbocycles. The van der Waals surface area contributed by atoms with Gasteiger partial charge in [-0.1, -0.05) is 19.1 Å². The van der Waals surface area contributed by atoms with Crippen LogP contribution in [-0.4, -0.2) is 67.3 Å². The van der Waals surface area contributed by atoms with Crippen LogP contribution < -0.4 is 0 Å². The molecule has 0 aromatic heterocycles. The van der Waals surface area contributed by atoms with Crippen LogP contribution in [0.1, 0.15) is 41.0 Å². The van der Waals surface area contributed by atoms with Gasteiger partial charge in [-0.05, 0) is 34.1 Å². The first-order valence-electron chi connectivity index (χ1n) is 8.31. The van der Waals surface area contributed by atoms with Crippen molar-refractivity contribution in [3.8, 4) is 0 Å². The molecule has 0 aliphatic carbocycles. The number of carbonyl (C=O) groups is 1. The number of hydrogen-bond acceptors (Lipinski definition) is 5. The van der Waals surface area contributed by atoms with Gasteiger partial charge >= 0.3 is 6.09 Å². The third-order valence-electron chi connectivity index (χ3n) is 3.68. The second-order valence-corrected chi connectivity index (χ2v) is 6.84. The smallest absolute Gasteiger partial charge is 0.410 e. The molecule has 6 nitrogen and oxygen atoms in total. The fourth-order valence-electron chi connectivity index (χ4n) is 2.13. The van der Waals surface area contributed by atoms with Gasteiger partial charge in [-0.15, -0.1) is 0 Å². The molecule has 1 amide bonds. The Morgan fingerprint density at radius 2 is 1.83 bits per heavy atom. The molecule has 0 spiro atoms. The third kappa shape index (κ3) is 7.81. The number of nitrogens with zero attached hydrogens (tertiary/aromatic N) is 2. The first-order valence-corrected chi connectivity index (χ1v) is 8.31. The van der Waals surface area contributed by atoms with Crippen LogP contribution in [-0.2, 0) is 14.2 Å². The van der Waals surface area contributed by atoms with Crippen LogP contribution in [0, 0.1) is 0 Å². The van der Waals surface area contributed by atoms with Gasteiger partial charge in [0.1, 0.15) is 18.6 Å². The molecule has 0 aromatic carbocycles. The number of carbonyl (C=O) groups excluding carboxylic acids is 1. The summed E-state index contributed by atoms with van der Waals surface area (Å²) in [4.78, 5) is 16.0. The van der Waals surface area contributed by atoms with Gasteiger partial charge < -0.3 is 19.1 Å². The third-order valence-corrected chi connectivity index (χ3v) is 3.68. The summed E-state index contributed by atoms with van der Waals surface area (Å²) < 4.78 is 16.5. The molecule has 1 unspecified atom stereocenters. The van der Waals surface area contributed by atoms with Gasteiger partial charge in [-0.2, -0.15) is 0 Å². The summed E-state index contributed by atoms with van der Waals surface area (Å²) in [5.74, 6) is 0. The lowest BCUT2D eigenvalue weighted by molar-refractivity contribution is -0.137. The van der Waals surface area contributed by atoms with Crippen molar-refractivity contribution in [1.82, 2.24) is 9.80 Å². The summed E-state index contributed by atoms with van der Waals surface area (Å²) in [7, 11) is 0. The van der Waals surface area contributed by atoms with E-state index in [1.807, 2.05) is 27.7 Å². The standard InChI is InChI=1S/C17H32N2O4/c1-7-14(2)12-21-13-22-15(3)18-8-10-19(11-9-18)16(20)23-17(4,5)6/h15H,2,7-13H2,1,3-6H3. The van der Waals surface area contributed by atoms with Gasteiger partial charge in [0, 0.05) is 26.2 Å². The maximum absolute atomic E-state index is 12.0. The van der Waals surface area contributed by atoms with Crippen molar-refractivity contribution in [3.63, 3.8) is 0 Å². The highest BCUT2D eigenvalue weighted by atomic mass is 16.7. The first kappa shape index (κ1) is 19.9. The molecule has 1 atom stereocenters. The monoisotopic (exact) mass is 328 g/mol. The predicted octanol–water partition coefficient (Wildman–Crippen LogP) is 2.84. The topological polar surface area (TPSA) is 51.2 Å². The van der Waals surface area contributed by atoms with Crippen molar-refractivity contribution >= 4 is 6.09 Å². The Morgan fingerprint density at radius 3 is 2.35 bits per heavy atom. The quantitative estimate of drug-likeness (QED) is 0.409. The van der Waals surface area contributed by atoms with Crippen LogP contribution in [0.4, 0.5) is 4.79 Å².